The van der Waals surface area contributed by atoms with Crippen molar-refractivity contribution in [1.82, 2.24) is 29.8 Å². The van der Waals surface area contributed by atoms with Crippen molar-refractivity contribution in [2.45, 2.75) is 30.2 Å². The lowest BCUT2D eigenvalue weighted by Gasteiger charge is -2.18. The minimum atomic E-state index is -1.02. The van der Waals surface area contributed by atoms with E-state index in [1.807, 2.05) is 0 Å². The molecule has 1 aliphatic carbocycles. The van der Waals surface area contributed by atoms with Crippen molar-refractivity contribution in [3.63, 3.8) is 0 Å². The standard InChI is InChI=1S/C26H25ClF2N8O3S/c1-30-24(38)14-3-5-17(8-14)34-26-33-10-15-7-13(4-6-19(15)35-26)21-18(28)12-31-23(22(21)29)36-37(39)41-20-9-16(27)11-32-25(20)40-2/h4,6-7,9-12,14,17,39H,3,5,8H2,1-2H3,(H,30,38)(H,31,36)(H,33,34,35)/t14-,17-/m1/s1. The molecule has 15 heteroatoms. The second kappa shape index (κ2) is 12.3. The van der Waals surface area contributed by atoms with Crippen molar-refractivity contribution in [1.29, 1.82) is 0 Å². The Bertz CT molecular complexity index is 1600. The molecule has 0 unspecified atom stereocenters. The first-order valence-corrected chi connectivity index (χ1v) is 13.6. The maximum atomic E-state index is 15.5. The Morgan fingerprint density at radius 1 is 1.17 bits per heavy atom. The van der Waals surface area contributed by atoms with Crippen LogP contribution in [0.15, 0.2) is 47.8 Å². The molecular formula is C26H25ClF2N8O3S. The first-order valence-electron chi connectivity index (χ1n) is 12.5. The monoisotopic (exact) mass is 602 g/mol. The zero-order valence-corrected chi connectivity index (χ0v) is 23.4. The van der Waals surface area contributed by atoms with Gasteiger partial charge in [-0.15, -0.1) is 0 Å². The highest BCUT2D eigenvalue weighted by Crippen LogP contribution is 2.34. The zero-order chi connectivity index (χ0) is 29.1. The summed E-state index contributed by atoms with van der Waals surface area (Å²) in [5, 5.41) is 17.2. The molecule has 3 heterocycles. The molecule has 0 bridgehead atoms. The lowest BCUT2D eigenvalue weighted by molar-refractivity contribution is -0.124. The van der Waals surface area contributed by atoms with Crippen LogP contribution in [0.1, 0.15) is 19.3 Å². The molecule has 41 heavy (non-hydrogen) atoms. The number of carbonyl (C=O) groups is 1. The minimum Gasteiger partial charge on any atom is -0.480 e. The number of hydrogen-bond acceptors (Lipinski definition) is 11. The van der Waals surface area contributed by atoms with E-state index in [0.717, 1.165) is 19.0 Å². The predicted molar refractivity (Wildman–Crippen MR) is 150 cm³/mol. The second-order valence-corrected chi connectivity index (χ2v) is 10.6. The third-order valence-corrected chi connectivity index (χ3v) is 7.55. The third kappa shape index (κ3) is 6.40. The molecule has 4 N–H and O–H groups in total. The van der Waals surface area contributed by atoms with Crippen molar-refractivity contribution in [3.05, 3.63) is 59.5 Å². The number of benzene rings is 1. The Labute approximate surface area is 242 Å². The van der Waals surface area contributed by atoms with E-state index in [4.69, 9.17) is 16.3 Å². The third-order valence-electron chi connectivity index (χ3n) is 6.59. The van der Waals surface area contributed by atoms with E-state index in [0.29, 0.717) is 49.7 Å². The van der Waals surface area contributed by atoms with Crippen LogP contribution in [0.2, 0.25) is 5.02 Å². The summed E-state index contributed by atoms with van der Waals surface area (Å²) in [7, 11) is 3.03. The van der Waals surface area contributed by atoms with Crippen molar-refractivity contribution < 1.29 is 23.5 Å². The summed E-state index contributed by atoms with van der Waals surface area (Å²) in [5.41, 5.74) is 2.82. The van der Waals surface area contributed by atoms with Gasteiger partial charge in [-0.25, -0.2) is 28.7 Å². The number of hydrazine groups is 1. The van der Waals surface area contributed by atoms with Crippen molar-refractivity contribution >= 4 is 52.1 Å². The van der Waals surface area contributed by atoms with Crippen LogP contribution in [0.25, 0.3) is 22.0 Å². The van der Waals surface area contributed by atoms with E-state index in [2.05, 4.69) is 36.0 Å². The van der Waals surface area contributed by atoms with Crippen LogP contribution in [0.3, 0.4) is 0 Å². The van der Waals surface area contributed by atoms with Gasteiger partial charge in [0.1, 0.15) is 0 Å². The molecular weight excluding hydrogens is 578 g/mol. The number of aromatic nitrogens is 4. The van der Waals surface area contributed by atoms with E-state index in [9.17, 15) is 14.4 Å². The molecule has 1 fully saturated rings. The Morgan fingerprint density at radius 2 is 2.00 bits per heavy atom. The SMILES string of the molecule is CNC(=O)[C@@H]1CC[C@@H](Nc2ncc3cc(-c4c(F)cnc(NN(O)Sc5cc(Cl)cnc5OC)c4F)ccc3n2)C1. The molecule has 1 aliphatic rings. The Balaban J connectivity index is 1.33. The number of fused-ring (bicyclic) bond motifs is 1. The highest BCUT2D eigenvalue weighted by molar-refractivity contribution is 7.97. The van der Waals surface area contributed by atoms with E-state index in [-0.39, 0.29) is 34.9 Å². The Kier molecular flexibility index (Phi) is 8.63. The quantitative estimate of drug-likeness (QED) is 0.151. The molecule has 3 aromatic heterocycles. The highest BCUT2D eigenvalue weighted by atomic mass is 35.5. The van der Waals surface area contributed by atoms with Gasteiger partial charge in [-0.05, 0) is 47.6 Å². The van der Waals surface area contributed by atoms with E-state index in [1.165, 1.54) is 25.4 Å². The first-order chi connectivity index (χ1) is 19.7. The van der Waals surface area contributed by atoms with Gasteiger partial charge in [0.2, 0.25) is 17.7 Å². The molecule has 1 saturated carbocycles. The van der Waals surface area contributed by atoms with Gasteiger partial charge < -0.3 is 15.4 Å². The molecule has 11 nitrogen and oxygen atoms in total. The number of hydrogen-bond donors (Lipinski definition) is 4. The van der Waals surface area contributed by atoms with E-state index < -0.39 is 17.5 Å². The second-order valence-electron chi connectivity index (χ2n) is 9.21. The number of rotatable bonds is 9. The maximum absolute atomic E-state index is 15.5. The number of amides is 1. The normalized spacial score (nSPS) is 16.7. The van der Waals surface area contributed by atoms with Crippen LogP contribution in [0, 0.1) is 17.6 Å². The Morgan fingerprint density at radius 3 is 2.78 bits per heavy atom. The average molecular weight is 603 g/mol. The lowest BCUT2D eigenvalue weighted by atomic mass is 10.0. The van der Waals surface area contributed by atoms with E-state index >= 15 is 4.39 Å². The summed E-state index contributed by atoms with van der Waals surface area (Å²) in [5.74, 6) is -1.76. The molecule has 5 rings (SSSR count). The number of nitrogens with zero attached hydrogens (tertiary/aromatic N) is 5. The topological polar surface area (TPSA) is 137 Å². The fraction of sp³-hybridized carbons (Fsp3) is 0.269. The number of pyridine rings is 2. The summed E-state index contributed by atoms with van der Waals surface area (Å²) in [6.07, 6.45) is 6.08. The first kappa shape index (κ1) is 28.7. The molecule has 214 valence electrons. The number of ether oxygens (including phenoxy) is 1. The van der Waals surface area contributed by atoms with Crippen molar-refractivity contribution in [3.8, 4) is 17.0 Å². The number of halogens is 3. The summed E-state index contributed by atoms with van der Waals surface area (Å²) < 4.78 is 35.9. The van der Waals surface area contributed by atoms with Crippen LogP contribution in [0.4, 0.5) is 20.5 Å². The Hall–Kier alpha value is -3.85. The fourth-order valence-electron chi connectivity index (χ4n) is 4.64. The molecule has 0 saturated heterocycles. The fourth-order valence-corrected chi connectivity index (χ4v) is 5.57. The number of carbonyl (C=O) groups excluding carboxylic acids is 1. The predicted octanol–water partition coefficient (Wildman–Crippen LogP) is 5.08. The van der Waals surface area contributed by atoms with Gasteiger partial charge in [-0.1, -0.05) is 17.7 Å². The van der Waals surface area contributed by atoms with Gasteiger partial charge in [0.05, 0.1) is 34.3 Å². The molecule has 0 spiro atoms. The smallest absolute Gasteiger partial charge is 0.228 e. The molecule has 4 aromatic rings. The van der Waals surface area contributed by atoms with Gasteiger partial charge in [0, 0.05) is 48.7 Å². The molecule has 2 atom stereocenters. The minimum absolute atomic E-state index is 0.0271. The van der Waals surface area contributed by atoms with Gasteiger partial charge in [-0.3, -0.25) is 15.4 Å². The van der Waals surface area contributed by atoms with Crippen LogP contribution in [0.5, 0.6) is 5.88 Å². The number of nitrogens with one attached hydrogen (secondary N) is 3. The summed E-state index contributed by atoms with van der Waals surface area (Å²) in [4.78, 5) is 28.9. The molecule has 0 aliphatic heterocycles. The summed E-state index contributed by atoms with van der Waals surface area (Å²) in [6, 6.07) is 6.31. The highest BCUT2D eigenvalue weighted by Gasteiger charge is 2.29. The number of methoxy groups -OCH3 is 1. The maximum Gasteiger partial charge on any atom is 0.228 e. The molecule has 0 radical (unpaired) electrons. The largest absolute Gasteiger partial charge is 0.480 e. The van der Waals surface area contributed by atoms with Gasteiger partial charge in [0.25, 0.3) is 0 Å². The molecule has 1 aromatic carbocycles. The van der Waals surface area contributed by atoms with Gasteiger partial charge >= 0.3 is 0 Å². The van der Waals surface area contributed by atoms with Gasteiger partial charge in [-0.2, -0.15) is 0 Å². The number of anilines is 2. The average Bonchev–Trinajstić information content (AvgIpc) is 3.43. The van der Waals surface area contributed by atoms with E-state index in [1.54, 1.807) is 25.4 Å². The van der Waals surface area contributed by atoms with Crippen molar-refractivity contribution in [2.75, 3.05) is 24.9 Å². The van der Waals surface area contributed by atoms with Crippen LogP contribution >= 0.6 is 23.5 Å². The van der Waals surface area contributed by atoms with Crippen LogP contribution < -0.4 is 20.8 Å². The molecule has 1 amide bonds. The van der Waals surface area contributed by atoms with Crippen LogP contribution in [-0.2, 0) is 4.79 Å². The summed E-state index contributed by atoms with van der Waals surface area (Å²) in [6.45, 7) is 0. The lowest BCUT2D eigenvalue weighted by Crippen LogP contribution is -2.27. The zero-order valence-electron chi connectivity index (χ0n) is 21.9. The van der Waals surface area contributed by atoms with Crippen molar-refractivity contribution in [2.24, 2.45) is 5.92 Å². The summed E-state index contributed by atoms with van der Waals surface area (Å²) >= 11 is 6.66. The van der Waals surface area contributed by atoms with Gasteiger partial charge in [0.15, 0.2) is 17.5 Å². The van der Waals surface area contributed by atoms with Crippen LogP contribution in [-0.4, -0.2) is 55.8 Å².